The SMILES string of the molecule is Cc1cn(C2OCC(O)C2O)cn1. The number of hydrogen-bond donors (Lipinski definition) is 2. The minimum atomic E-state index is -0.867. The minimum absolute atomic E-state index is 0.170. The van der Waals surface area contributed by atoms with Gasteiger partial charge in [0.25, 0.3) is 0 Å². The number of rotatable bonds is 1. The van der Waals surface area contributed by atoms with Crippen LogP contribution in [-0.2, 0) is 4.74 Å². The first kappa shape index (κ1) is 8.68. The molecule has 0 radical (unpaired) electrons. The summed E-state index contributed by atoms with van der Waals surface area (Å²) < 4.78 is 6.86. The summed E-state index contributed by atoms with van der Waals surface area (Å²) in [6, 6.07) is 0. The quantitative estimate of drug-likeness (QED) is 0.614. The van der Waals surface area contributed by atoms with Gasteiger partial charge in [-0.25, -0.2) is 4.98 Å². The van der Waals surface area contributed by atoms with Crippen molar-refractivity contribution < 1.29 is 14.9 Å². The standard InChI is InChI=1S/C8H12N2O3/c1-5-2-10(4-9-5)8-7(12)6(11)3-13-8/h2,4,6-8,11-12H,3H2,1H3. The summed E-state index contributed by atoms with van der Waals surface area (Å²) in [6.45, 7) is 2.03. The van der Waals surface area contributed by atoms with Crippen molar-refractivity contribution in [3.63, 3.8) is 0 Å². The lowest BCUT2D eigenvalue weighted by molar-refractivity contribution is -0.0184. The fourth-order valence-corrected chi connectivity index (χ4v) is 1.43. The van der Waals surface area contributed by atoms with Crippen LogP contribution in [0.1, 0.15) is 11.9 Å². The predicted octanol–water partition coefficient (Wildman–Crippen LogP) is -0.558. The van der Waals surface area contributed by atoms with Crippen molar-refractivity contribution in [2.75, 3.05) is 6.61 Å². The van der Waals surface area contributed by atoms with E-state index in [1.54, 1.807) is 17.1 Å². The molecular weight excluding hydrogens is 172 g/mol. The summed E-state index contributed by atoms with van der Waals surface area (Å²) in [5.74, 6) is 0. The lowest BCUT2D eigenvalue weighted by Gasteiger charge is -2.15. The Kier molecular flexibility index (Phi) is 2.07. The summed E-state index contributed by atoms with van der Waals surface area (Å²) in [5, 5.41) is 18.7. The van der Waals surface area contributed by atoms with Gasteiger partial charge in [-0.3, -0.25) is 0 Å². The molecule has 1 aliphatic rings. The Hall–Kier alpha value is -0.910. The fraction of sp³-hybridized carbons (Fsp3) is 0.625. The molecule has 0 aromatic carbocycles. The number of aliphatic hydroxyl groups is 2. The average Bonchev–Trinajstić information content (AvgIpc) is 2.62. The molecular formula is C8H12N2O3. The first-order valence-electron chi connectivity index (χ1n) is 4.16. The molecule has 1 fully saturated rings. The monoisotopic (exact) mass is 184 g/mol. The van der Waals surface area contributed by atoms with Crippen LogP contribution in [-0.4, -0.2) is 38.6 Å². The van der Waals surface area contributed by atoms with Gasteiger partial charge in [-0.1, -0.05) is 0 Å². The highest BCUT2D eigenvalue weighted by Crippen LogP contribution is 2.23. The Balaban J connectivity index is 2.18. The summed E-state index contributed by atoms with van der Waals surface area (Å²) in [5.41, 5.74) is 0.859. The van der Waals surface area contributed by atoms with E-state index in [9.17, 15) is 10.2 Å². The maximum absolute atomic E-state index is 9.50. The summed E-state index contributed by atoms with van der Waals surface area (Å²) >= 11 is 0. The van der Waals surface area contributed by atoms with Gasteiger partial charge in [-0.05, 0) is 6.92 Å². The van der Waals surface area contributed by atoms with E-state index in [1.807, 2.05) is 6.92 Å². The van der Waals surface area contributed by atoms with E-state index >= 15 is 0 Å². The van der Waals surface area contributed by atoms with Crippen molar-refractivity contribution in [1.82, 2.24) is 9.55 Å². The van der Waals surface area contributed by atoms with E-state index < -0.39 is 18.4 Å². The van der Waals surface area contributed by atoms with Crippen molar-refractivity contribution in [2.45, 2.75) is 25.4 Å². The first-order valence-corrected chi connectivity index (χ1v) is 4.16. The highest BCUT2D eigenvalue weighted by atomic mass is 16.5. The van der Waals surface area contributed by atoms with Gasteiger partial charge in [0.05, 0.1) is 18.6 Å². The van der Waals surface area contributed by atoms with E-state index in [0.717, 1.165) is 5.69 Å². The van der Waals surface area contributed by atoms with Crippen LogP contribution in [0.5, 0.6) is 0 Å². The highest BCUT2D eigenvalue weighted by molar-refractivity contribution is 4.95. The lowest BCUT2D eigenvalue weighted by Crippen LogP contribution is -2.27. The molecule has 1 saturated heterocycles. The van der Waals surface area contributed by atoms with Gasteiger partial charge >= 0.3 is 0 Å². The third-order valence-electron chi connectivity index (χ3n) is 2.15. The van der Waals surface area contributed by atoms with Crippen LogP contribution in [0.4, 0.5) is 0 Å². The van der Waals surface area contributed by atoms with Crippen LogP contribution in [0.15, 0.2) is 12.5 Å². The smallest absolute Gasteiger partial charge is 0.163 e. The molecule has 0 amide bonds. The normalized spacial score (nSPS) is 33.9. The number of nitrogens with zero attached hydrogens (tertiary/aromatic N) is 2. The number of ether oxygens (including phenoxy) is 1. The number of aliphatic hydroxyl groups excluding tert-OH is 2. The molecule has 1 aliphatic heterocycles. The van der Waals surface area contributed by atoms with Crippen LogP contribution in [0.25, 0.3) is 0 Å². The molecule has 1 aromatic rings. The molecule has 3 unspecified atom stereocenters. The van der Waals surface area contributed by atoms with Crippen LogP contribution in [0, 0.1) is 6.92 Å². The third-order valence-corrected chi connectivity index (χ3v) is 2.15. The topological polar surface area (TPSA) is 67.5 Å². The molecule has 5 heteroatoms. The average molecular weight is 184 g/mol. The molecule has 2 heterocycles. The van der Waals surface area contributed by atoms with E-state index in [2.05, 4.69) is 4.98 Å². The number of aryl methyl sites for hydroxylation is 1. The van der Waals surface area contributed by atoms with Crippen molar-refractivity contribution in [3.8, 4) is 0 Å². The van der Waals surface area contributed by atoms with E-state index in [1.165, 1.54) is 0 Å². The Morgan fingerprint density at radius 3 is 2.85 bits per heavy atom. The minimum Gasteiger partial charge on any atom is -0.388 e. The number of hydrogen-bond acceptors (Lipinski definition) is 4. The Morgan fingerprint density at radius 1 is 1.62 bits per heavy atom. The van der Waals surface area contributed by atoms with Gasteiger partial charge in [0.2, 0.25) is 0 Å². The molecule has 0 spiro atoms. The molecule has 0 aliphatic carbocycles. The van der Waals surface area contributed by atoms with E-state index in [-0.39, 0.29) is 6.61 Å². The third kappa shape index (κ3) is 1.46. The zero-order chi connectivity index (χ0) is 9.42. The lowest BCUT2D eigenvalue weighted by atomic mass is 10.2. The Bertz CT molecular complexity index is 299. The molecule has 72 valence electrons. The van der Waals surface area contributed by atoms with Crippen LogP contribution in [0.2, 0.25) is 0 Å². The highest BCUT2D eigenvalue weighted by Gasteiger charge is 2.35. The van der Waals surface area contributed by atoms with Gasteiger partial charge in [0.15, 0.2) is 6.23 Å². The summed E-state index contributed by atoms with van der Waals surface area (Å²) in [6.07, 6.45) is 1.19. The van der Waals surface area contributed by atoms with Crippen LogP contribution in [0.3, 0.4) is 0 Å². The molecule has 1 aromatic heterocycles. The molecule has 3 atom stereocenters. The Morgan fingerprint density at radius 2 is 2.38 bits per heavy atom. The van der Waals surface area contributed by atoms with Gasteiger partial charge < -0.3 is 19.5 Å². The maximum Gasteiger partial charge on any atom is 0.163 e. The molecule has 0 saturated carbocycles. The van der Waals surface area contributed by atoms with E-state index in [0.29, 0.717) is 0 Å². The number of aromatic nitrogens is 2. The maximum atomic E-state index is 9.50. The van der Waals surface area contributed by atoms with Gasteiger partial charge in [0.1, 0.15) is 12.2 Å². The Labute approximate surface area is 75.6 Å². The first-order chi connectivity index (χ1) is 6.18. The summed E-state index contributed by atoms with van der Waals surface area (Å²) in [4.78, 5) is 4.01. The van der Waals surface area contributed by atoms with Crippen LogP contribution >= 0.6 is 0 Å². The fourth-order valence-electron chi connectivity index (χ4n) is 1.43. The van der Waals surface area contributed by atoms with Gasteiger partial charge in [-0.15, -0.1) is 0 Å². The molecule has 5 nitrogen and oxygen atoms in total. The van der Waals surface area contributed by atoms with Crippen molar-refractivity contribution in [2.24, 2.45) is 0 Å². The molecule has 0 bridgehead atoms. The van der Waals surface area contributed by atoms with Gasteiger partial charge in [-0.2, -0.15) is 0 Å². The second kappa shape index (κ2) is 3.10. The summed E-state index contributed by atoms with van der Waals surface area (Å²) in [7, 11) is 0. The van der Waals surface area contributed by atoms with Crippen molar-refractivity contribution in [1.29, 1.82) is 0 Å². The predicted molar refractivity (Wildman–Crippen MR) is 44.0 cm³/mol. The largest absolute Gasteiger partial charge is 0.388 e. The van der Waals surface area contributed by atoms with Crippen molar-refractivity contribution in [3.05, 3.63) is 18.2 Å². The molecule has 13 heavy (non-hydrogen) atoms. The van der Waals surface area contributed by atoms with Gasteiger partial charge in [0, 0.05) is 6.20 Å². The van der Waals surface area contributed by atoms with Crippen molar-refractivity contribution >= 4 is 0 Å². The van der Waals surface area contributed by atoms with E-state index in [4.69, 9.17) is 4.74 Å². The molecule has 2 rings (SSSR count). The zero-order valence-electron chi connectivity index (χ0n) is 7.29. The number of imidazole rings is 1. The molecule has 2 N–H and O–H groups in total. The second-order valence-electron chi connectivity index (χ2n) is 3.24. The second-order valence-corrected chi connectivity index (χ2v) is 3.24. The van der Waals surface area contributed by atoms with Crippen LogP contribution < -0.4 is 0 Å². The zero-order valence-corrected chi connectivity index (χ0v) is 7.29.